The topological polar surface area (TPSA) is 87.7 Å². The summed E-state index contributed by atoms with van der Waals surface area (Å²) >= 11 is 0. The Labute approximate surface area is 149 Å². The summed E-state index contributed by atoms with van der Waals surface area (Å²) in [6, 6.07) is 8.78. The van der Waals surface area contributed by atoms with Crippen LogP contribution in [0.25, 0.3) is 0 Å². The van der Waals surface area contributed by atoms with Crippen LogP contribution in [0.5, 0.6) is 0 Å². The van der Waals surface area contributed by atoms with E-state index in [1.165, 1.54) is 19.3 Å². The van der Waals surface area contributed by atoms with Crippen LogP contribution >= 0.6 is 0 Å². The zero-order chi connectivity index (χ0) is 17.9. The molecule has 0 aromatic heterocycles. The van der Waals surface area contributed by atoms with Gasteiger partial charge in [-0.15, -0.1) is 0 Å². The molecular weight excluding hydrogens is 320 g/mol. The van der Waals surface area contributed by atoms with Crippen molar-refractivity contribution in [1.29, 1.82) is 0 Å². The van der Waals surface area contributed by atoms with E-state index in [4.69, 9.17) is 9.84 Å². The van der Waals surface area contributed by atoms with Gasteiger partial charge in [0.25, 0.3) is 0 Å². The predicted octanol–water partition coefficient (Wildman–Crippen LogP) is 2.36. The SMILES string of the molecule is O=C(NC(CC1CCCCC1)C(=O)NCCO)OCc1ccccc1. The molecule has 2 amide bonds. The van der Waals surface area contributed by atoms with E-state index in [1.54, 1.807) is 0 Å². The summed E-state index contributed by atoms with van der Waals surface area (Å²) in [5.41, 5.74) is 0.895. The first-order valence-corrected chi connectivity index (χ1v) is 9.05. The van der Waals surface area contributed by atoms with Gasteiger partial charge in [-0.3, -0.25) is 4.79 Å². The van der Waals surface area contributed by atoms with Crippen LogP contribution in [0.15, 0.2) is 30.3 Å². The van der Waals surface area contributed by atoms with Crippen molar-refractivity contribution in [3.8, 4) is 0 Å². The molecule has 1 atom stereocenters. The van der Waals surface area contributed by atoms with Crippen LogP contribution in [0, 0.1) is 5.92 Å². The summed E-state index contributed by atoms with van der Waals surface area (Å²) in [6.45, 7) is 0.224. The first-order valence-electron chi connectivity index (χ1n) is 9.05. The maximum Gasteiger partial charge on any atom is 0.408 e. The van der Waals surface area contributed by atoms with Gasteiger partial charge in [-0.05, 0) is 17.9 Å². The molecule has 3 N–H and O–H groups in total. The lowest BCUT2D eigenvalue weighted by atomic mass is 9.84. The van der Waals surface area contributed by atoms with E-state index in [0.717, 1.165) is 18.4 Å². The van der Waals surface area contributed by atoms with Gasteiger partial charge in [-0.25, -0.2) is 4.79 Å². The molecule has 1 saturated carbocycles. The summed E-state index contributed by atoms with van der Waals surface area (Å²) in [7, 11) is 0. The van der Waals surface area contributed by atoms with E-state index in [1.807, 2.05) is 30.3 Å². The number of nitrogens with one attached hydrogen (secondary N) is 2. The Kier molecular flexibility index (Phi) is 8.25. The molecule has 0 radical (unpaired) electrons. The Bertz CT molecular complexity index is 529. The second-order valence-corrected chi connectivity index (χ2v) is 6.51. The van der Waals surface area contributed by atoms with Gasteiger partial charge in [0.05, 0.1) is 6.61 Å². The van der Waals surface area contributed by atoms with Crippen molar-refractivity contribution >= 4 is 12.0 Å². The Morgan fingerprint density at radius 2 is 1.88 bits per heavy atom. The third-order valence-corrected chi connectivity index (χ3v) is 4.53. The number of amides is 2. The largest absolute Gasteiger partial charge is 0.445 e. The standard InChI is InChI=1S/C19H28N2O4/c22-12-11-20-18(23)17(13-15-7-3-1-4-8-15)21-19(24)25-14-16-9-5-2-6-10-16/h2,5-6,9-10,15,17,22H,1,3-4,7-8,11-14H2,(H,20,23)(H,21,24). The monoisotopic (exact) mass is 348 g/mol. The van der Waals surface area contributed by atoms with Crippen molar-refractivity contribution in [2.75, 3.05) is 13.2 Å². The highest BCUT2D eigenvalue weighted by atomic mass is 16.5. The van der Waals surface area contributed by atoms with Crippen LogP contribution in [0.3, 0.4) is 0 Å². The highest BCUT2D eigenvalue weighted by molar-refractivity contribution is 5.85. The van der Waals surface area contributed by atoms with Gasteiger partial charge in [-0.1, -0.05) is 62.4 Å². The number of carbonyl (C=O) groups is 2. The highest BCUT2D eigenvalue weighted by Gasteiger charge is 2.26. The van der Waals surface area contributed by atoms with E-state index in [2.05, 4.69) is 10.6 Å². The number of alkyl carbamates (subject to hydrolysis) is 1. The summed E-state index contributed by atoms with van der Waals surface area (Å²) < 4.78 is 5.22. The number of carbonyl (C=O) groups excluding carboxylic acids is 2. The van der Waals surface area contributed by atoms with Crippen molar-refractivity contribution in [2.24, 2.45) is 5.92 Å². The molecule has 0 saturated heterocycles. The maximum atomic E-state index is 12.3. The van der Waals surface area contributed by atoms with E-state index < -0.39 is 12.1 Å². The van der Waals surface area contributed by atoms with Gasteiger partial charge >= 0.3 is 6.09 Å². The quantitative estimate of drug-likeness (QED) is 0.673. The summed E-state index contributed by atoms with van der Waals surface area (Å²) in [6.07, 6.45) is 5.78. The minimum absolute atomic E-state index is 0.125. The fourth-order valence-electron chi connectivity index (χ4n) is 3.20. The zero-order valence-corrected chi connectivity index (χ0v) is 14.6. The number of ether oxygens (including phenoxy) is 1. The number of aliphatic hydroxyl groups excluding tert-OH is 1. The number of hydrogen-bond acceptors (Lipinski definition) is 4. The highest BCUT2D eigenvalue weighted by Crippen LogP contribution is 2.27. The van der Waals surface area contributed by atoms with Crippen molar-refractivity contribution in [3.05, 3.63) is 35.9 Å². The molecule has 6 heteroatoms. The molecule has 2 rings (SSSR count). The first kappa shape index (κ1) is 19.2. The van der Waals surface area contributed by atoms with Crippen LogP contribution in [0.2, 0.25) is 0 Å². The minimum atomic E-state index is -0.627. The third-order valence-electron chi connectivity index (χ3n) is 4.53. The fraction of sp³-hybridized carbons (Fsp3) is 0.579. The van der Waals surface area contributed by atoms with Crippen molar-refractivity contribution < 1.29 is 19.4 Å². The summed E-state index contributed by atoms with van der Waals surface area (Å²) in [4.78, 5) is 24.4. The van der Waals surface area contributed by atoms with Gasteiger partial charge in [0.1, 0.15) is 12.6 Å². The van der Waals surface area contributed by atoms with E-state index in [0.29, 0.717) is 12.3 Å². The average molecular weight is 348 g/mol. The molecule has 1 aromatic rings. The van der Waals surface area contributed by atoms with E-state index in [-0.39, 0.29) is 25.7 Å². The van der Waals surface area contributed by atoms with Crippen LogP contribution in [0.4, 0.5) is 4.79 Å². The molecule has 0 heterocycles. The second-order valence-electron chi connectivity index (χ2n) is 6.51. The van der Waals surface area contributed by atoms with Crippen molar-refractivity contribution in [3.63, 3.8) is 0 Å². The van der Waals surface area contributed by atoms with Crippen LogP contribution in [-0.2, 0) is 16.1 Å². The normalized spacial score (nSPS) is 16.0. The molecule has 1 aliphatic carbocycles. The number of aliphatic hydroxyl groups is 1. The zero-order valence-electron chi connectivity index (χ0n) is 14.6. The molecule has 0 aliphatic heterocycles. The number of hydrogen-bond donors (Lipinski definition) is 3. The van der Waals surface area contributed by atoms with Crippen molar-refractivity contribution in [1.82, 2.24) is 10.6 Å². The van der Waals surface area contributed by atoms with Crippen LogP contribution < -0.4 is 10.6 Å². The number of benzene rings is 1. The van der Waals surface area contributed by atoms with Crippen LogP contribution in [0.1, 0.15) is 44.1 Å². The molecule has 138 valence electrons. The molecule has 0 bridgehead atoms. The molecule has 0 spiro atoms. The summed E-state index contributed by atoms with van der Waals surface area (Å²) in [5, 5.41) is 14.2. The number of rotatable bonds is 8. The Morgan fingerprint density at radius 1 is 1.16 bits per heavy atom. The van der Waals surface area contributed by atoms with Gasteiger partial charge in [-0.2, -0.15) is 0 Å². The maximum absolute atomic E-state index is 12.3. The smallest absolute Gasteiger partial charge is 0.408 e. The lowest BCUT2D eigenvalue weighted by Gasteiger charge is -2.26. The first-order chi connectivity index (χ1) is 12.2. The average Bonchev–Trinajstić information content (AvgIpc) is 2.65. The van der Waals surface area contributed by atoms with E-state index >= 15 is 0 Å². The molecule has 25 heavy (non-hydrogen) atoms. The van der Waals surface area contributed by atoms with Crippen LogP contribution in [-0.4, -0.2) is 36.3 Å². The van der Waals surface area contributed by atoms with E-state index in [9.17, 15) is 9.59 Å². The summed E-state index contributed by atoms with van der Waals surface area (Å²) in [5.74, 6) is 0.171. The molecular formula is C19H28N2O4. The lowest BCUT2D eigenvalue weighted by molar-refractivity contribution is -0.123. The molecule has 6 nitrogen and oxygen atoms in total. The Balaban J connectivity index is 1.86. The van der Waals surface area contributed by atoms with Gasteiger partial charge in [0.15, 0.2) is 0 Å². The lowest BCUT2D eigenvalue weighted by Crippen LogP contribution is -2.48. The molecule has 1 aromatic carbocycles. The molecule has 1 aliphatic rings. The predicted molar refractivity (Wildman–Crippen MR) is 94.8 cm³/mol. The molecule has 1 unspecified atom stereocenters. The molecule has 1 fully saturated rings. The van der Waals surface area contributed by atoms with Gasteiger partial charge < -0.3 is 20.5 Å². The fourth-order valence-corrected chi connectivity index (χ4v) is 3.20. The minimum Gasteiger partial charge on any atom is -0.445 e. The second kappa shape index (κ2) is 10.7. The van der Waals surface area contributed by atoms with Gasteiger partial charge in [0, 0.05) is 6.54 Å². The van der Waals surface area contributed by atoms with Gasteiger partial charge in [0.2, 0.25) is 5.91 Å². The Morgan fingerprint density at radius 3 is 2.56 bits per heavy atom. The van der Waals surface area contributed by atoms with Crippen molar-refractivity contribution in [2.45, 2.75) is 51.2 Å². The third kappa shape index (κ3) is 7.13. The Hall–Kier alpha value is -2.08.